The van der Waals surface area contributed by atoms with Crippen molar-refractivity contribution in [3.63, 3.8) is 0 Å². The molecule has 0 saturated heterocycles. The van der Waals surface area contributed by atoms with Gasteiger partial charge in [-0.3, -0.25) is 0 Å². The van der Waals surface area contributed by atoms with Gasteiger partial charge in [-0.1, -0.05) is 76.8 Å². The molecule has 0 aliphatic carbocycles. The van der Waals surface area contributed by atoms with E-state index in [1.54, 1.807) is 12.1 Å². The number of phenols is 1. The average molecular weight is 350 g/mol. The summed E-state index contributed by atoms with van der Waals surface area (Å²) in [7, 11) is 0. The van der Waals surface area contributed by atoms with Gasteiger partial charge in [0.15, 0.2) is 0 Å². The predicted octanol–water partition coefficient (Wildman–Crippen LogP) is 6.28. The second kappa shape index (κ2) is 13.6. The van der Waals surface area contributed by atoms with Crippen LogP contribution < -0.4 is 4.74 Å². The first kappa shape index (κ1) is 21.3. The topological polar surface area (TPSA) is 62.0 Å². The lowest BCUT2D eigenvalue weighted by Crippen LogP contribution is -2.01. The molecular formula is C21H35NO3. The van der Waals surface area contributed by atoms with Crippen molar-refractivity contribution in [3.8, 4) is 11.5 Å². The number of phenolic OH excluding ortho intramolecular Hbond substituents is 1. The lowest BCUT2D eigenvalue weighted by atomic mass is 10.1. The molecule has 1 rings (SSSR count). The summed E-state index contributed by atoms with van der Waals surface area (Å²) in [6.07, 6.45) is 13.6. The predicted molar refractivity (Wildman–Crippen MR) is 104 cm³/mol. The highest BCUT2D eigenvalue weighted by Crippen LogP contribution is 2.25. The van der Waals surface area contributed by atoms with Gasteiger partial charge in [0.25, 0.3) is 0 Å². The Kier molecular flexibility index (Phi) is 11.6. The molecule has 0 aliphatic rings. The van der Waals surface area contributed by atoms with E-state index in [0.717, 1.165) is 6.42 Å². The van der Waals surface area contributed by atoms with Crippen LogP contribution >= 0.6 is 0 Å². The fourth-order valence-corrected chi connectivity index (χ4v) is 2.94. The molecular weight excluding hydrogens is 314 g/mol. The molecule has 0 unspecified atom stereocenters. The molecule has 25 heavy (non-hydrogen) atoms. The first-order valence-corrected chi connectivity index (χ1v) is 9.90. The largest absolute Gasteiger partial charge is 0.507 e. The van der Waals surface area contributed by atoms with Crippen LogP contribution in [0.1, 0.15) is 90.0 Å². The molecule has 1 aromatic rings. The second-order valence-electron chi connectivity index (χ2n) is 6.61. The van der Waals surface area contributed by atoms with Crippen LogP contribution in [0.2, 0.25) is 0 Å². The number of benzene rings is 1. The van der Waals surface area contributed by atoms with E-state index in [2.05, 4.69) is 12.1 Å². The third-order valence-corrected chi connectivity index (χ3v) is 4.50. The Bertz CT molecular complexity index is 500. The number of aromatic hydroxyl groups is 1. The number of nitrogens with zero attached hydrogens (tertiary/aromatic N) is 1. The van der Waals surface area contributed by atoms with Crippen LogP contribution in [-0.4, -0.2) is 22.6 Å². The molecule has 142 valence electrons. The normalized spacial score (nSPS) is 11.7. The monoisotopic (exact) mass is 349 g/mol. The van der Waals surface area contributed by atoms with Gasteiger partial charge in [-0.2, -0.15) is 0 Å². The SMILES string of the molecule is CCCCCCCCCCCCOc1ccc(C(CC)=NO)c(O)c1. The van der Waals surface area contributed by atoms with E-state index in [-0.39, 0.29) is 5.75 Å². The van der Waals surface area contributed by atoms with Gasteiger partial charge in [0, 0.05) is 11.6 Å². The smallest absolute Gasteiger partial charge is 0.128 e. The number of hydrogen-bond acceptors (Lipinski definition) is 4. The molecule has 0 fully saturated rings. The van der Waals surface area contributed by atoms with Gasteiger partial charge in [-0.05, 0) is 25.0 Å². The summed E-state index contributed by atoms with van der Waals surface area (Å²) in [4.78, 5) is 0. The lowest BCUT2D eigenvalue weighted by Gasteiger charge is -2.09. The molecule has 0 heterocycles. The number of ether oxygens (including phenoxy) is 1. The van der Waals surface area contributed by atoms with Crippen molar-refractivity contribution in [3.05, 3.63) is 23.8 Å². The Morgan fingerprint density at radius 1 is 0.920 bits per heavy atom. The summed E-state index contributed by atoms with van der Waals surface area (Å²) in [5, 5.41) is 22.2. The van der Waals surface area contributed by atoms with Gasteiger partial charge in [0.05, 0.1) is 12.3 Å². The Balaban J connectivity index is 2.13. The fraction of sp³-hybridized carbons (Fsp3) is 0.667. The van der Waals surface area contributed by atoms with Crippen LogP contribution in [0.4, 0.5) is 0 Å². The maximum Gasteiger partial charge on any atom is 0.128 e. The van der Waals surface area contributed by atoms with E-state index in [0.29, 0.717) is 30.1 Å². The van der Waals surface area contributed by atoms with E-state index in [1.807, 2.05) is 13.0 Å². The van der Waals surface area contributed by atoms with E-state index >= 15 is 0 Å². The molecule has 0 amide bonds. The van der Waals surface area contributed by atoms with Crippen molar-refractivity contribution in [1.29, 1.82) is 0 Å². The zero-order valence-electron chi connectivity index (χ0n) is 16.0. The minimum atomic E-state index is 0.0928. The Morgan fingerprint density at radius 3 is 2.04 bits per heavy atom. The van der Waals surface area contributed by atoms with E-state index in [1.165, 1.54) is 57.8 Å². The number of oxime groups is 1. The van der Waals surface area contributed by atoms with Crippen molar-refractivity contribution in [1.82, 2.24) is 0 Å². The highest BCUT2D eigenvalue weighted by Gasteiger charge is 2.09. The lowest BCUT2D eigenvalue weighted by molar-refractivity contribution is 0.302. The summed E-state index contributed by atoms with van der Waals surface area (Å²) < 4.78 is 5.70. The first-order valence-electron chi connectivity index (χ1n) is 9.90. The standard InChI is InChI=1S/C21H35NO3/c1-3-5-6-7-8-9-10-11-12-13-16-25-18-14-15-19(21(23)17-18)20(4-2)22-24/h14-15,17,23-24H,3-13,16H2,1-2H3. The minimum absolute atomic E-state index is 0.0928. The summed E-state index contributed by atoms with van der Waals surface area (Å²) in [6.45, 7) is 4.80. The maximum absolute atomic E-state index is 10.0. The third kappa shape index (κ3) is 8.80. The maximum atomic E-state index is 10.0. The van der Waals surface area contributed by atoms with Crippen molar-refractivity contribution in [2.24, 2.45) is 5.16 Å². The zero-order chi connectivity index (χ0) is 18.3. The molecule has 1 aromatic carbocycles. The molecule has 0 saturated carbocycles. The van der Waals surface area contributed by atoms with Crippen LogP contribution in [0.3, 0.4) is 0 Å². The zero-order valence-corrected chi connectivity index (χ0v) is 16.0. The van der Waals surface area contributed by atoms with Gasteiger partial charge in [0.2, 0.25) is 0 Å². The molecule has 2 N–H and O–H groups in total. The molecule has 0 atom stereocenters. The molecule has 4 heteroatoms. The minimum Gasteiger partial charge on any atom is -0.507 e. The fourth-order valence-electron chi connectivity index (χ4n) is 2.94. The van der Waals surface area contributed by atoms with E-state index < -0.39 is 0 Å². The summed E-state index contributed by atoms with van der Waals surface area (Å²) in [5.41, 5.74) is 1.02. The third-order valence-electron chi connectivity index (χ3n) is 4.50. The molecule has 4 nitrogen and oxygen atoms in total. The molecule has 0 aromatic heterocycles. The van der Waals surface area contributed by atoms with Crippen LogP contribution in [0, 0.1) is 0 Å². The van der Waals surface area contributed by atoms with E-state index in [9.17, 15) is 5.11 Å². The number of unbranched alkanes of at least 4 members (excludes halogenated alkanes) is 9. The van der Waals surface area contributed by atoms with E-state index in [4.69, 9.17) is 9.94 Å². The highest BCUT2D eigenvalue weighted by atomic mass is 16.5. The van der Waals surface area contributed by atoms with Gasteiger partial charge >= 0.3 is 0 Å². The molecule has 0 aliphatic heterocycles. The van der Waals surface area contributed by atoms with Gasteiger partial charge in [0.1, 0.15) is 11.5 Å². The van der Waals surface area contributed by atoms with Gasteiger partial charge < -0.3 is 15.1 Å². The van der Waals surface area contributed by atoms with Crippen LogP contribution in [-0.2, 0) is 0 Å². The van der Waals surface area contributed by atoms with Crippen molar-refractivity contribution >= 4 is 5.71 Å². The summed E-state index contributed by atoms with van der Waals surface area (Å²) in [6, 6.07) is 5.14. The van der Waals surface area contributed by atoms with Crippen molar-refractivity contribution in [2.75, 3.05) is 6.61 Å². The Morgan fingerprint density at radius 2 is 1.52 bits per heavy atom. The Labute approximate surface area is 152 Å². The summed E-state index contributed by atoms with van der Waals surface area (Å²) >= 11 is 0. The Hall–Kier alpha value is -1.71. The van der Waals surface area contributed by atoms with Crippen molar-refractivity contribution < 1.29 is 15.1 Å². The van der Waals surface area contributed by atoms with Crippen LogP contribution in [0.25, 0.3) is 0 Å². The van der Waals surface area contributed by atoms with Crippen molar-refractivity contribution in [2.45, 2.75) is 84.5 Å². The second-order valence-corrected chi connectivity index (χ2v) is 6.61. The van der Waals surface area contributed by atoms with Gasteiger partial charge in [-0.25, -0.2) is 0 Å². The quantitative estimate of drug-likeness (QED) is 0.180. The number of rotatable bonds is 14. The highest BCUT2D eigenvalue weighted by molar-refractivity contribution is 6.02. The molecule has 0 spiro atoms. The molecule has 0 radical (unpaired) electrons. The first-order chi connectivity index (χ1) is 12.2. The molecule has 0 bridgehead atoms. The average Bonchev–Trinajstić information content (AvgIpc) is 2.62. The summed E-state index contributed by atoms with van der Waals surface area (Å²) in [5.74, 6) is 0.751. The van der Waals surface area contributed by atoms with Gasteiger partial charge in [-0.15, -0.1) is 0 Å². The number of hydrogen-bond donors (Lipinski definition) is 2. The van der Waals surface area contributed by atoms with Crippen LogP contribution in [0.15, 0.2) is 23.4 Å². The van der Waals surface area contributed by atoms with Crippen LogP contribution in [0.5, 0.6) is 11.5 Å².